The fourth-order valence-electron chi connectivity index (χ4n) is 1.26. The maximum Gasteiger partial charge on any atom is 0.310 e. The lowest BCUT2D eigenvalue weighted by Crippen LogP contribution is -2.08. The van der Waals surface area contributed by atoms with Crippen LogP contribution in [-0.2, 0) is 16.0 Å². The van der Waals surface area contributed by atoms with Crippen molar-refractivity contribution in [3.05, 3.63) is 37.8 Å². The summed E-state index contributed by atoms with van der Waals surface area (Å²) in [7, 11) is 1.22. The number of carbonyl (C=O) groups excluding carboxylic acids is 2. The molecule has 1 aromatic rings. The Morgan fingerprint density at radius 3 is 2.71 bits per heavy atom. The Morgan fingerprint density at radius 2 is 2.24 bits per heavy atom. The van der Waals surface area contributed by atoms with Gasteiger partial charge in [-0.25, -0.2) is 0 Å². The van der Waals surface area contributed by atoms with E-state index in [0.717, 1.165) is 6.07 Å². The van der Waals surface area contributed by atoms with E-state index < -0.39 is 10.9 Å². The van der Waals surface area contributed by atoms with Gasteiger partial charge in [-0.2, -0.15) is 0 Å². The first-order chi connectivity index (χ1) is 7.99. The van der Waals surface area contributed by atoms with Crippen LogP contribution in [0.3, 0.4) is 0 Å². The van der Waals surface area contributed by atoms with Gasteiger partial charge in [-0.05, 0) is 5.56 Å². The summed E-state index contributed by atoms with van der Waals surface area (Å²) in [4.78, 5) is 31.9. The monoisotopic (exact) mass is 301 g/mol. The highest BCUT2D eigenvalue weighted by Crippen LogP contribution is 2.26. The smallest absolute Gasteiger partial charge is 0.310 e. The molecule has 0 heterocycles. The van der Waals surface area contributed by atoms with E-state index in [9.17, 15) is 19.7 Å². The van der Waals surface area contributed by atoms with Crippen LogP contribution in [0.2, 0.25) is 0 Å². The largest absolute Gasteiger partial charge is 0.469 e. The van der Waals surface area contributed by atoms with Crippen molar-refractivity contribution in [3.63, 3.8) is 0 Å². The molecule has 1 rings (SSSR count). The van der Waals surface area contributed by atoms with E-state index >= 15 is 0 Å². The minimum Gasteiger partial charge on any atom is -0.469 e. The third-order valence-corrected chi connectivity index (χ3v) is 2.81. The van der Waals surface area contributed by atoms with Crippen LogP contribution in [0.5, 0.6) is 0 Å². The van der Waals surface area contributed by atoms with Crippen LogP contribution in [0.25, 0.3) is 0 Å². The van der Waals surface area contributed by atoms with Crippen molar-refractivity contribution in [2.24, 2.45) is 0 Å². The number of non-ortho nitro benzene ring substituents is 1. The average Bonchev–Trinajstić information content (AvgIpc) is 2.30. The number of benzene rings is 1. The minimum atomic E-state index is -0.611. The second kappa shape index (κ2) is 5.53. The van der Waals surface area contributed by atoms with Gasteiger partial charge in [0.1, 0.15) is 0 Å². The molecule has 0 aliphatic rings. The molecule has 0 bridgehead atoms. The van der Waals surface area contributed by atoms with Crippen LogP contribution in [0.1, 0.15) is 15.9 Å². The molecule has 0 aliphatic heterocycles. The molecular weight excluding hydrogens is 294 g/mol. The summed E-state index contributed by atoms with van der Waals surface area (Å²) in [6.45, 7) is 0. The third-order valence-electron chi connectivity index (χ3n) is 2.10. The van der Waals surface area contributed by atoms with E-state index in [1.54, 1.807) is 0 Å². The lowest BCUT2D eigenvalue weighted by Gasteiger charge is -2.06. The summed E-state index contributed by atoms with van der Waals surface area (Å²) in [6, 6.07) is 2.36. The zero-order valence-corrected chi connectivity index (χ0v) is 10.4. The Hall–Kier alpha value is -1.76. The number of carbonyl (C=O) groups is 2. The molecule has 90 valence electrons. The Balaban J connectivity index is 3.25. The van der Waals surface area contributed by atoms with Crippen molar-refractivity contribution in [1.82, 2.24) is 0 Å². The number of ether oxygens (including phenoxy) is 1. The number of rotatable bonds is 4. The molecule has 17 heavy (non-hydrogen) atoms. The molecule has 0 radical (unpaired) electrons. The summed E-state index contributed by atoms with van der Waals surface area (Å²) < 4.78 is 4.81. The van der Waals surface area contributed by atoms with Gasteiger partial charge in [0.05, 0.1) is 18.5 Å². The highest BCUT2D eigenvalue weighted by Gasteiger charge is 2.17. The molecule has 0 amide bonds. The zero-order chi connectivity index (χ0) is 13.0. The minimum absolute atomic E-state index is 0.0940. The van der Waals surface area contributed by atoms with Gasteiger partial charge in [0.25, 0.3) is 5.69 Å². The van der Waals surface area contributed by atoms with E-state index in [4.69, 9.17) is 0 Å². The first-order valence-corrected chi connectivity index (χ1v) is 5.27. The number of nitro benzene ring substituents is 1. The second-order valence-electron chi connectivity index (χ2n) is 3.12. The van der Waals surface area contributed by atoms with Gasteiger partial charge in [0.2, 0.25) is 0 Å². The Labute approximate surface area is 105 Å². The van der Waals surface area contributed by atoms with Crippen molar-refractivity contribution in [1.29, 1.82) is 0 Å². The molecule has 0 saturated heterocycles. The van der Waals surface area contributed by atoms with Crippen LogP contribution in [0, 0.1) is 10.1 Å². The van der Waals surface area contributed by atoms with Crippen LogP contribution in [0.4, 0.5) is 5.69 Å². The van der Waals surface area contributed by atoms with Gasteiger partial charge in [-0.1, -0.05) is 15.9 Å². The molecule has 0 saturated carbocycles. The predicted molar refractivity (Wildman–Crippen MR) is 61.9 cm³/mol. The molecular formula is C10H8BrNO5. The van der Waals surface area contributed by atoms with E-state index in [0.29, 0.717) is 16.3 Å². The Morgan fingerprint density at radius 1 is 1.59 bits per heavy atom. The number of hydrogen-bond donors (Lipinski definition) is 0. The van der Waals surface area contributed by atoms with Crippen LogP contribution >= 0.6 is 15.9 Å². The van der Waals surface area contributed by atoms with Crippen molar-refractivity contribution >= 4 is 33.9 Å². The van der Waals surface area contributed by atoms with Crippen molar-refractivity contribution in [2.45, 2.75) is 6.42 Å². The average molecular weight is 302 g/mol. The molecule has 0 unspecified atom stereocenters. The van der Waals surface area contributed by atoms with Gasteiger partial charge < -0.3 is 4.74 Å². The topological polar surface area (TPSA) is 86.5 Å². The number of hydrogen-bond acceptors (Lipinski definition) is 5. The predicted octanol–water partition coefficient (Wildman–Crippen LogP) is 1.89. The highest BCUT2D eigenvalue weighted by atomic mass is 79.9. The third kappa shape index (κ3) is 3.10. The summed E-state index contributed by atoms with van der Waals surface area (Å²) in [5.41, 5.74) is 0.251. The molecule has 0 fully saturated rings. The number of halogens is 1. The number of aldehydes is 1. The summed E-state index contributed by atoms with van der Waals surface area (Å²) in [5, 5.41) is 10.6. The normalized spacial score (nSPS) is 9.76. The first-order valence-electron chi connectivity index (χ1n) is 4.48. The summed E-state index contributed by atoms with van der Waals surface area (Å²) in [5.74, 6) is -0.525. The Bertz CT molecular complexity index is 486. The van der Waals surface area contributed by atoms with Crippen LogP contribution in [-0.4, -0.2) is 24.3 Å². The molecule has 0 atom stereocenters. The van der Waals surface area contributed by atoms with E-state index in [2.05, 4.69) is 20.7 Å². The number of esters is 1. The molecule has 0 aromatic heterocycles. The number of nitrogens with zero attached hydrogens (tertiary/aromatic N) is 1. The van der Waals surface area contributed by atoms with Gasteiger partial charge in [0, 0.05) is 22.2 Å². The van der Waals surface area contributed by atoms with Crippen molar-refractivity contribution < 1.29 is 19.2 Å². The van der Waals surface area contributed by atoms with E-state index in [1.165, 1.54) is 13.2 Å². The van der Waals surface area contributed by atoms with Crippen LogP contribution < -0.4 is 0 Å². The first kappa shape index (κ1) is 13.3. The van der Waals surface area contributed by atoms with Gasteiger partial charge in [-0.15, -0.1) is 0 Å². The summed E-state index contributed by atoms with van der Waals surface area (Å²) >= 11 is 3.09. The molecule has 7 heteroatoms. The molecule has 6 nitrogen and oxygen atoms in total. The quantitative estimate of drug-likeness (QED) is 0.367. The molecule has 0 spiro atoms. The van der Waals surface area contributed by atoms with E-state index in [1.807, 2.05) is 0 Å². The maximum atomic E-state index is 11.1. The zero-order valence-electron chi connectivity index (χ0n) is 8.81. The van der Waals surface area contributed by atoms with Crippen molar-refractivity contribution in [2.75, 3.05) is 7.11 Å². The van der Waals surface area contributed by atoms with E-state index in [-0.39, 0.29) is 17.7 Å². The highest BCUT2D eigenvalue weighted by molar-refractivity contribution is 9.10. The van der Waals surface area contributed by atoms with Crippen molar-refractivity contribution in [3.8, 4) is 0 Å². The number of nitro groups is 1. The molecule has 0 aliphatic carbocycles. The van der Waals surface area contributed by atoms with Crippen LogP contribution in [0.15, 0.2) is 16.6 Å². The Kier molecular flexibility index (Phi) is 4.33. The van der Waals surface area contributed by atoms with Gasteiger partial charge >= 0.3 is 5.97 Å². The fraction of sp³-hybridized carbons (Fsp3) is 0.200. The SMILES string of the molecule is COC(=O)Cc1c(Br)cc([N+](=O)[O-])cc1C=O. The fourth-order valence-corrected chi connectivity index (χ4v) is 1.86. The molecule has 1 aromatic carbocycles. The lowest BCUT2D eigenvalue weighted by atomic mass is 10.0. The maximum absolute atomic E-state index is 11.1. The second-order valence-corrected chi connectivity index (χ2v) is 3.98. The number of methoxy groups -OCH3 is 1. The lowest BCUT2D eigenvalue weighted by molar-refractivity contribution is -0.385. The standard InChI is InChI=1S/C10H8BrNO5/c1-17-10(14)4-8-6(5-13)2-7(12(15)16)3-9(8)11/h2-3,5H,4H2,1H3. The molecule has 0 N–H and O–H groups in total. The van der Waals surface area contributed by atoms with Gasteiger partial charge in [-0.3, -0.25) is 19.7 Å². The van der Waals surface area contributed by atoms with Gasteiger partial charge in [0.15, 0.2) is 6.29 Å². The summed E-state index contributed by atoms with van der Waals surface area (Å²) in [6.07, 6.45) is 0.346.